The molecule has 4 rings (SSSR count). The molecule has 2 heterocycles. The van der Waals surface area contributed by atoms with Gasteiger partial charge in [-0.3, -0.25) is 4.79 Å². The third-order valence-electron chi connectivity index (χ3n) is 5.56. The van der Waals surface area contributed by atoms with Crippen LogP contribution in [-0.4, -0.2) is 77.1 Å². The molecule has 5 atom stereocenters. The molecule has 3 aromatic rings. The molecular weight excluding hydrogens is 452 g/mol. The van der Waals surface area contributed by atoms with Crippen LogP contribution in [0.4, 0.5) is 0 Å². The number of benzene rings is 2. The van der Waals surface area contributed by atoms with Crippen LogP contribution in [0.2, 0.25) is 0 Å². The first kappa shape index (κ1) is 23.8. The third-order valence-corrected chi connectivity index (χ3v) is 5.56. The van der Waals surface area contributed by atoms with Crippen molar-refractivity contribution in [3.63, 3.8) is 0 Å². The average Bonchev–Trinajstić information content (AvgIpc) is 2.83. The highest BCUT2D eigenvalue weighted by atomic mass is 16.7. The first-order chi connectivity index (χ1) is 16.3. The minimum Gasteiger partial charge on any atom is -0.507 e. The van der Waals surface area contributed by atoms with Crippen molar-refractivity contribution in [1.82, 2.24) is 0 Å². The summed E-state index contributed by atoms with van der Waals surface area (Å²) in [4.78, 5) is 12.7. The summed E-state index contributed by atoms with van der Waals surface area (Å²) in [5.41, 5.74) is 0.0110. The third kappa shape index (κ3) is 4.27. The second kappa shape index (κ2) is 9.49. The van der Waals surface area contributed by atoms with Crippen molar-refractivity contribution in [1.29, 1.82) is 0 Å². The van der Waals surface area contributed by atoms with Crippen molar-refractivity contribution in [3.05, 3.63) is 46.6 Å². The maximum Gasteiger partial charge on any atom is 0.229 e. The van der Waals surface area contributed by atoms with E-state index in [1.54, 1.807) is 6.07 Å². The van der Waals surface area contributed by atoms with Crippen LogP contribution in [0.15, 0.2) is 45.6 Å². The Bertz CT molecular complexity index is 1240. The summed E-state index contributed by atoms with van der Waals surface area (Å²) >= 11 is 0. The Morgan fingerprint density at radius 1 is 0.941 bits per heavy atom. The van der Waals surface area contributed by atoms with E-state index in [1.807, 2.05) is 0 Å². The Morgan fingerprint density at radius 3 is 2.38 bits per heavy atom. The van der Waals surface area contributed by atoms with E-state index in [0.29, 0.717) is 11.3 Å². The number of hydrogen-bond acceptors (Lipinski definition) is 11. The summed E-state index contributed by atoms with van der Waals surface area (Å²) in [7, 11) is 2.80. The Balaban J connectivity index is 1.73. The number of phenols is 1. The predicted octanol–water partition coefficient (Wildman–Crippen LogP) is 0.361. The van der Waals surface area contributed by atoms with E-state index in [2.05, 4.69) is 0 Å². The lowest BCUT2D eigenvalue weighted by atomic mass is 9.99. The molecule has 1 fully saturated rings. The second-order valence-electron chi connectivity index (χ2n) is 7.68. The van der Waals surface area contributed by atoms with Gasteiger partial charge in [0.25, 0.3) is 0 Å². The number of ether oxygens (including phenoxy) is 4. The molecule has 0 radical (unpaired) electrons. The Labute approximate surface area is 192 Å². The Kier molecular flexibility index (Phi) is 6.64. The molecule has 0 unspecified atom stereocenters. The van der Waals surface area contributed by atoms with Gasteiger partial charge < -0.3 is 48.9 Å². The van der Waals surface area contributed by atoms with Crippen molar-refractivity contribution in [2.45, 2.75) is 30.7 Å². The number of fused-ring (bicyclic) bond motifs is 1. The van der Waals surface area contributed by atoms with Gasteiger partial charge in [-0.25, -0.2) is 0 Å². The number of aromatic hydroxyl groups is 1. The van der Waals surface area contributed by atoms with E-state index >= 15 is 0 Å². The lowest BCUT2D eigenvalue weighted by Gasteiger charge is -2.39. The van der Waals surface area contributed by atoms with Gasteiger partial charge in [0.05, 0.1) is 20.8 Å². The molecule has 0 aliphatic carbocycles. The molecule has 2 aromatic carbocycles. The molecule has 1 saturated heterocycles. The summed E-state index contributed by atoms with van der Waals surface area (Å²) in [6.45, 7) is -0.611. The second-order valence-corrected chi connectivity index (χ2v) is 7.68. The summed E-state index contributed by atoms with van der Waals surface area (Å²) in [6.07, 6.45) is -7.37. The fourth-order valence-corrected chi connectivity index (χ4v) is 3.72. The lowest BCUT2D eigenvalue weighted by Crippen LogP contribution is -2.60. The molecule has 0 bridgehead atoms. The highest BCUT2D eigenvalue weighted by Gasteiger charge is 2.45. The quantitative estimate of drug-likeness (QED) is 0.333. The fraction of sp³-hybridized carbons (Fsp3) is 0.348. The SMILES string of the molecule is COc1cc(O)c2c(=O)cc(-c3ccc(OC)c(O[C@@H]4O[C@H](CO)[C@@H](O)[C@H](O)[C@H]4O)c3)oc2c1. The van der Waals surface area contributed by atoms with Gasteiger partial charge in [0.1, 0.15) is 52.6 Å². The Hall–Kier alpha value is -3.35. The maximum atomic E-state index is 12.7. The highest BCUT2D eigenvalue weighted by molar-refractivity contribution is 5.86. The van der Waals surface area contributed by atoms with Crippen LogP contribution in [0.25, 0.3) is 22.3 Å². The van der Waals surface area contributed by atoms with Gasteiger partial charge in [0.2, 0.25) is 6.29 Å². The van der Waals surface area contributed by atoms with Crippen molar-refractivity contribution < 1.29 is 48.9 Å². The molecule has 0 amide bonds. The van der Waals surface area contributed by atoms with Crippen LogP contribution in [0.5, 0.6) is 23.0 Å². The van der Waals surface area contributed by atoms with Gasteiger partial charge in [-0.2, -0.15) is 0 Å². The van der Waals surface area contributed by atoms with Crippen LogP contribution < -0.4 is 19.6 Å². The predicted molar refractivity (Wildman–Crippen MR) is 117 cm³/mol. The van der Waals surface area contributed by atoms with E-state index in [9.17, 15) is 30.3 Å². The highest BCUT2D eigenvalue weighted by Crippen LogP contribution is 2.36. The average molecular weight is 476 g/mol. The molecule has 5 N–H and O–H groups in total. The van der Waals surface area contributed by atoms with E-state index in [4.69, 9.17) is 23.4 Å². The fourth-order valence-electron chi connectivity index (χ4n) is 3.72. The summed E-state index contributed by atoms with van der Waals surface area (Å²) < 4.78 is 27.3. The molecule has 11 nitrogen and oxygen atoms in total. The number of methoxy groups -OCH3 is 2. The summed E-state index contributed by atoms with van der Waals surface area (Å²) in [6, 6.07) is 8.57. The van der Waals surface area contributed by atoms with Crippen LogP contribution in [0, 0.1) is 0 Å². The van der Waals surface area contributed by atoms with Crippen LogP contribution in [-0.2, 0) is 4.74 Å². The number of aliphatic hydroxyl groups is 4. The molecule has 182 valence electrons. The number of hydrogen-bond donors (Lipinski definition) is 5. The number of aliphatic hydroxyl groups excluding tert-OH is 4. The van der Waals surface area contributed by atoms with Crippen LogP contribution >= 0.6 is 0 Å². The van der Waals surface area contributed by atoms with Gasteiger partial charge in [-0.05, 0) is 18.2 Å². The molecule has 0 spiro atoms. The largest absolute Gasteiger partial charge is 0.507 e. The van der Waals surface area contributed by atoms with Crippen LogP contribution in [0.3, 0.4) is 0 Å². The smallest absolute Gasteiger partial charge is 0.229 e. The van der Waals surface area contributed by atoms with Crippen molar-refractivity contribution >= 4 is 11.0 Å². The molecule has 0 saturated carbocycles. The standard InChI is InChI=1S/C23H24O11/c1-30-11-6-12(25)19-13(26)8-15(32-17(19)7-11)10-3-4-14(31-2)16(5-10)33-23-22(29)21(28)20(27)18(9-24)34-23/h3-8,18,20-25,27-29H,9H2,1-2H3/t18-,20-,21+,22-,23-/m1/s1. The molecule has 1 aliphatic rings. The number of phenolic OH excluding ortho intramolecular Hbond substituents is 1. The number of rotatable bonds is 6. The van der Waals surface area contributed by atoms with E-state index in [1.165, 1.54) is 44.6 Å². The molecule has 11 heteroatoms. The summed E-state index contributed by atoms with van der Waals surface area (Å²) in [5.74, 6) is 0.470. The van der Waals surface area contributed by atoms with Gasteiger partial charge in [-0.1, -0.05) is 0 Å². The zero-order valence-corrected chi connectivity index (χ0v) is 18.2. The Morgan fingerprint density at radius 2 is 1.71 bits per heavy atom. The maximum absolute atomic E-state index is 12.7. The lowest BCUT2D eigenvalue weighted by molar-refractivity contribution is -0.277. The van der Waals surface area contributed by atoms with E-state index in [0.717, 1.165) is 0 Å². The first-order valence-electron chi connectivity index (χ1n) is 10.3. The molecular formula is C23H24O11. The monoisotopic (exact) mass is 476 g/mol. The van der Waals surface area contributed by atoms with Crippen molar-refractivity contribution in [3.8, 4) is 34.3 Å². The normalized spacial score (nSPS) is 24.7. The van der Waals surface area contributed by atoms with Gasteiger partial charge in [-0.15, -0.1) is 0 Å². The zero-order valence-electron chi connectivity index (χ0n) is 18.2. The van der Waals surface area contributed by atoms with Gasteiger partial charge in [0, 0.05) is 23.8 Å². The van der Waals surface area contributed by atoms with Crippen LogP contribution in [0.1, 0.15) is 0 Å². The van der Waals surface area contributed by atoms with E-state index < -0.39 is 42.7 Å². The first-order valence-corrected chi connectivity index (χ1v) is 10.3. The molecule has 1 aliphatic heterocycles. The van der Waals surface area contributed by atoms with Crippen molar-refractivity contribution in [2.24, 2.45) is 0 Å². The minimum atomic E-state index is -1.62. The van der Waals surface area contributed by atoms with Gasteiger partial charge in [0.15, 0.2) is 16.9 Å². The molecule has 1 aromatic heterocycles. The summed E-state index contributed by atoms with van der Waals surface area (Å²) in [5, 5.41) is 49.8. The zero-order chi connectivity index (χ0) is 24.6. The molecule has 34 heavy (non-hydrogen) atoms. The van der Waals surface area contributed by atoms with E-state index in [-0.39, 0.29) is 34.0 Å². The minimum absolute atomic E-state index is 0.00384. The topological polar surface area (TPSA) is 168 Å². The van der Waals surface area contributed by atoms with Gasteiger partial charge >= 0.3 is 0 Å². The van der Waals surface area contributed by atoms with Crippen molar-refractivity contribution in [2.75, 3.05) is 20.8 Å².